The standard InChI is InChI=1S/C20H22NO7PS/c1-26-20(22)14-27-18-9-7-15(8-10-18)5-6-16-11-17(13-28-30(4,24)25)21-19(12-16)29(2,3)23/h7-12H,13-14H2,1-4H3. The van der Waals surface area contributed by atoms with E-state index in [1.165, 1.54) is 7.11 Å². The molecule has 0 bridgehead atoms. The molecule has 0 unspecified atom stereocenters. The predicted molar refractivity (Wildman–Crippen MR) is 113 cm³/mol. The van der Waals surface area contributed by atoms with Gasteiger partial charge in [-0.25, -0.2) is 9.78 Å². The fourth-order valence-electron chi connectivity index (χ4n) is 2.14. The second kappa shape index (κ2) is 9.90. The van der Waals surface area contributed by atoms with Crippen LogP contribution < -0.4 is 10.2 Å². The lowest BCUT2D eigenvalue weighted by atomic mass is 10.2. The van der Waals surface area contributed by atoms with Crippen LogP contribution in [-0.4, -0.2) is 52.7 Å². The van der Waals surface area contributed by atoms with E-state index >= 15 is 0 Å². The highest BCUT2D eigenvalue weighted by molar-refractivity contribution is 7.85. The van der Waals surface area contributed by atoms with Crippen molar-refractivity contribution >= 4 is 28.7 Å². The van der Waals surface area contributed by atoms with Crippen molar-refractivity contribution in [2.24, 2.45) is 0 Å². The topological polar surface area (TPSA) is 109 Å². The predicted octanol–water partition coefficient (Wildman–Crippen LogP) is 1.76. The summed E-state index contributed by atoms with van der Waals surface area (Å²) in [4.78, 5) is 15.3. The Labute approximate surface area is 176 Å². The molecule has 0 atom stereocenters. The summed E-state index contributed by atoms with van der Waals surface area (Å²) in [6.07, 6.45) is 0.945. The van der Waals surface area contributed by atoms with Gasteiger partial charge in [0.15, 0.2) is 6.61 Å². The van der Waals surface area contributed by atoms with Gasteiger partial charge in [0, 0.05) is 11.1 Å². The molecule has 0 aliphatic heterocycles. The summed E-state index contributed by atoms with van der Waals surface area (Å²) >= 11 is 0. The van der Waals surface area contributed by atoms with Crippen LogP contribution in [0.15, 0.2) is 36.4 Å². The summed E-state index contributed by atoms with van der Waals surface area (Å²) in [6, 6.07) is 9.99. The van der Waals surface area contributed by atoms with Crippen molar-refractivity contribution in [3.8, 4) is 17.6 Å². The molecule has 10 heteroatoms. The average Bonchev–Trinajstić information content (AvgIpc) is 2.68. The minimum Gasteiger partial charge on any atom is -0.482 e. The first-order valence-electron chi connectivity index (χ1n) is 8.69. The molecule has 0 saturated heterocycles. The Hall–Kier alpha value is -2.66. The maximum atomic E-state index is 12.4. The first-order chi connectivity index (χ1) is 14.0. The van der Waals surface area contributed by atoms with Crippen LogP contribution in [-0.2, 0) is 35.0 Å². The van der Waals surface area contributed by atoms with Gasteiger partial charge in [0.1, 0.15) is 24.9 Å². The van der Waals surface area contributed by atoms with Crippen molar-refractivity contribution in [3.63, 3.8) is 0 Å². The molecule has 0 aliphatic rings. The molecular formula is C20H22NO7PS. The Bertz CT molecular complexity index is 1130. The fourth-order valence-corrected chi connectivity index (χ4v) is 3.30. The molecule has 2 rings (SSSR count). The van der Waals surface area contributed by atoms with E-state index in [1.54, 1.807) is 49.7 Å². The van der Waals surface area contributed by atoms with Crippen LogP contribution >= 0.6 is 7.14 Å². The molecule has 0 spiro atoms. The number of methoxy groups -OCH3 is 1. The van der Waals surface area contributed by atoms with Crippen molar-refractivity contribution in [2.75, 3.05) is 33.3 Å². The van der Waals surface area contributed by atoms with E-state index in [2.05, 4.69) is 21.6 Å². The molecule has 8 nitrogen and oxygen atoms in total. The van der Waals surface area contributed by atoms with Gasteiger partial charge in [-0.2, -0.15) is 8.42 Å². The number of hydrogen-bond donors (Lipinski definition) is 0. The second-order valence-electron chi connectivity index (χ2n) is 6.66. The number of esters is 1. The highest BCUT2D eigenvalue weighted by Gasteiger charge is 2.15. The zero-order valence-corrected chi connectivity index (χ0v) is 18.7. The Balaban J connectivity index is 2.24. The lowest BCUT2D eigenvalue weighted by molar-refractivity contribution is -0.142. The number of benzene rings is 1. The molecule has 2 aromatic rings. The molecule has 0 saturated carbocycles. The van der Waals surface area contributed by atoms with Crippen LogP contribution in [0.4, 0.5) is 0 Å². The molecule has 0 amide bonds. The quantitative estimate of drug-likeness (QED) is 0.271. The van der Waals surface area contributed by atoms with E-state index in [1.807, 2.05) is 0 Å². The van der Waals surface area contributed by atoms with Crippen LogP contribution in [0.5, 0.6) is 5.75 Å². The largest absolute Gasteiger partial charge is 0.482 e. The maximum absolute atomic E-state index is 12.4. The summed E-state index contributed by atoms with van der Waals surface area (Å²) < 4.78 is 49.5. The number of carbonyl (C=O) groups excluding carboxylic acids is 1. The van der Waals surface area contributed by atoms with Crippen LogP contribution in [0.1, 0.15) is 16.8 Å². The summed E-state index contributed by atoms with van der Waals surface area (Å²) in [6.45, 7) is 2.68. The van der Waals surface area contributed by atoms with Crippen molar-refractivity contribution in [3.05, 3.63) is 53.2 Å². The summed E-state index contributed by atoms with van der Waals surface area (Å²) in [5.74, 6) is 5.94. The van der Waals surface area contributed by atoms with Crippen LogP contribution in [0.2, 0.25) is 0 Å². The Morgan fingerprint density at radius 2 is 1.73 bits per heavy atom. The average molecular weight is 451 g/mol. The third kappa shape index (κ3) is 7.99. The zero-order chi connectivity index (χ0) is 22.4. The number of pyridine rings is 1. The van der Waals surface area contributed by atoms with Gasteiger partial charge in [-0.05, 0) is 49.7 Å². The zero-order valence-electron chi connectivity index (χ0n) is 17.0. The molecule has 1 aromatic carbocycles. The number of aromatic nitrogens is 1. The molecule has 1 aromatic heterocycles. The van der Waals surface area contributed by atoms with Gasteiger partial charge in [0.2, 0.25) is 0 Å². The molecule has 30 heavy (non-hydrogen) atoms. The first-order valence-corrected chi connectivity index (χ1v) is 13.1. The molecular weight excluding hydrogens is 429 g/mol. The number of rotatable bonds is 7. The molecule has 0 aliphatic carbocycles. The number of ether oxygens (including phenoxy) is 2. The fraction of sp³-hybridized carbons (Fsp3) is 0.300. The van der Waals surface area contributed by atoms with E-state index in [0.29, 0.717) is 28.0 Å². The lowest BCUT2D eigenvalue weighted by Gasteiger charge is -2.09. The van der Waals surface area contributed by atoms with E-state index in [4.69, 9.17) is 8.92 Å². The van der Waals surface area contributed by atoms with Crippen molar-refractivity contribution < 1.29 is 31.4 Å². The Morgan fingerprint density at radius 3 is 2.30 bits per heavy atom. The molecule has 0 N–H and O–H groups in total. The summed E-state index contributed by atoms with van der Waals surface area (Å²) in [7, 11) is -5.05. The van der Waals surface area contributed by atoms with Gasteiger partial charge in [0.05, 0.1) is 19.1 Å². The lowest BCUT2D eigenvalue weighted by Crippen LogP contribution is -2.13. The van der Waals surface area contributed by atoms with E-state index in [0.717, 1.165) is 6.26 Å². The normalized spacial score (nSPS) is 11.3. The molecule has 1 heterocycles. The van der Waals surface area contributed by atoms with Gasteiger partial charge in [0.25, 0.3) is 10.1 Å². The third-order valence-electron chi connectivity index (χ3n) is 3.63. The van der Waals surface area contributed by atoms with Gasteiger partial charge >= 0.3 is 5.97 Å². The van der Waals surface area contributed by atoms with Crippen LogP contribution in [0.25, 0.3) is 0 Å². The van der Waals surface area contributed by atoms with Crippen LogP contribution in [0.3, 0.4) is 0 Å². The van der Waals surface area contributed by atoms with E-state index in [-0.39, 0.29) is 13.2 Å². The minimum absolute atomic E-state index is 0.187. The SMILES string of the molecule is COC(=O)COc1ccc(C#Cc2cc(COS(C)(=O)=O)nc(P(C)(C)=O)c2)cc1. The summed E-state index contributed by atoms with van der Waals surface area (Å²) in [5.41, 5.74) is 1.87. The minimum atomic E-state index is -3.64. The maximum Gasteiger partial charge on any atom is 0.343 e. The first kappa shape index (κ1) is 23.6. The van der Waals surface area contributed by atoms with Crippen molar-refractivity contribution in [1.29, 1.82) is 0 Å². The van der Waals surface area contributed by atoms with Gasteiger partial charge in [-0.15, -0.1) is 0 Å². The van der Waals surface area contributed by atoms with Crippen LogP contribution in [0, 0.1) is 11.8 Å². The summed E-state index contributed by atoms with van der Waals surface area (Å²) in [5, 5.41) is 0. The highest BCUT2D eigenvalue weighted by Crippen LogP contribution is 2.33. The van der Waals surface area contributed by atoms with Gasteiger partial charge in [-0.3, -0.25) is 4.18 Å². The van der Waals surface area contributed by atoms with E-state index < -0.39 is 23.2 Å². The highest BCUT2D eigenvalue weighted by atomic mass is 32.2. The smallest absolute Gasteiger partial charge is 0.343 e. The van der Waals surface area contributed by atoms with Crippen molar-refractivity contribution in [2.45, 2.75) is 6.61 Å². The Morgan fingerprint density at radius 1 is 1.10 bits per heavy atom. The number of carbonyl (C=O) groups is 1. The van der Waals surface area contributed by atoms with Gasteiger partial charge < -0.3 is 14.0 Å². The number of hydrogen-bond acceptors (Lipinski definition) is 8. The Kier molecular flexibility index (Phi) is 7.79. The van der Waals surface area contributed by atoms with E-state index in [9.17, 15) is 17.8 Å². The third-order valence-corrected chi connectivity index (χ3v) is 5.51. The monoisotopic (exact) mass is 451 g/mol. The molecule has 160 valence electrons. The molecule has 0 fully saturated rings. The molecule has 0 radical (unpaired) electrons. The number of nitrogens with zero attached hydrogens (tertiary/aromatic N) is 1. The van der Waals surface area contributed by atoms with Crippen molar-refractivity contribution in [1.82, 2.24) is 4.98 Å². The van der Waals surface area contributed by atoms with Gasteiger partial charge in [-0.1, -0.05) is 11.8 Å². The second-order valence-corrected chi connectivity index (χ2v) is 11.5.